The molecule has 2 unspecified atom stereocenters. The lowest BCUT2D eigenvalue weighted by atomic mass is 10.2. The summed E-state index contributed by atoms with van der Waals surface area (Å²) in [5, 5.41) is 16.6. The number of hydrogen-bond acceptors (Lipinski definition) is 4. The molecule has 0 fully saturated rings. The lowest BCUT2D eigenvalue weighted by Gasteiger charge is -2.10. The van der Waals surface area contributed by atoms with E-state index in [1.165, 1.54) is 12.4 Å². The quantitative estimate of drug-likeness (QED) is 0.245. The number of rotatable bonds is 2. The smallest absolute Gasteiger partial charge is 0.262 e. The summed E-state index contributed by atoms with van der Waals surface area (Å²) in [6.45, 7) is 1.36. The molecule has 0 aromatic rings. The van der Waals surface area contributed by atoms with Gasteiger partial charge in [0.1, 0.15) is 6.04 Å². The number of carbonyl (C=O) groups is 1. The molecular formula is C8H14N2O3. The minimum absolute atomic E-state index is 0.787. The normalized spacial score (nSPS) is 11.7. The van der Waals surface area contributed by atoms with Crippen molar-refractivity contribution in [2.45, 2.75) is 19.1 Å². The number of carbonyl (C=O) groups excluding carboxylic acids is 1. The number of nitrogens with one attached hydrogen (secondary N) is 1. The van der Waals surface area contributed by atoms with Crippen molar-refractivity contribution in [3.63, 3.8) is 0 Å². The maximum Gasteiger partial charge on any atom is 0.262 e. The van der Waals surface area contributed by atoms with E-state index in [1.807, 2.05) is 0 Å². The fourth-order valence-corrected chi connectivity index (χ4v) is 0.294. The van der Waals surface area contributed by atoms with Crippen LogP contribution in [0.5, 0.6) is 0 Å². The highest BCUT2D eigenvalue weighted by atomic mass is 16.5. The fraction of sp³-hybridized carbons (Fsp3) is 0.375. The number of hydroxylamine groups is 1. The molecule has 2 atom stereocenters. The van der Waals surface area contributed by atoms with E-state index in [-0.39, 0.29) is 0 Å². The predicted molar refractivity (Wildman–Crippen MR) is 49.4 cm³/mol. The molecule has 0 heterocycles. The van der Waals surface area contributed by atoms with Crippen molar-refractivity contribution in [3.05, 3.63) is 0 Å². The van der Waals surface area contributed by atoms with Gasteiger partial charge in [0.05, 0.1) is 6.10 Å². The van der Waals surface area contributed by atoms with Crippen LogP contribution in [0.3, 0.4) is 0 Å². The van der Waals surface area contributed by atoms with Crippen LogP contribution in [-0.2, 0) is 4.79 Å². The zero-order valence-corrected chi connectivity index (χ0v) is 7.34. The zero-order chi connectivity index (χ0) is 11.4. The van der Waals surface area contributed by atoms with Gasteiger partial charge in [0.15, 0.2) is 0 Å². The number of aliphatic hydroxyl groups is 1. The van der Waals surface area contributed by atoms with Gasteiger partial charge < -0.3 is 10.8 Å². The van der Waals surface area contributed by atoms with E-state index in [9.17, 15) is 4.79 Å². The van der Waals surface area contributed by atoms with Gasteiger partial charge >= 0.3 is 0 Å². The summed E-state index contributed by atoms with van der Waals surface area (Å²) < 4.78 is 0. The van der Waals surface area contributed by atoms with Crippen LogP contribution in [0.4, 0.5) is 0 Å². The Morgan fingerprint density at radius 2 is 1.69 bits per heavy atom. The van der Waals surface area contributed by atoms with E-state index >= 15 is 0 Å². The van der Waals surface area contributed by atoms with Gasteiger partial charge in [-0.05, 0) is 6.92 Å². The molecule has 0 aliphatic rings. The molecule has 0 aromatic carbocycles. The van der Waals surface area contributed by atoms with Crippen molar-refractivity contribution < 1.29 is 15.1 Å². The van der Waals surface area contributed by atoms with Crippen LogP contribution in [0.2, 0.25) is 0 Å². The monoisotopic (exact) mass is 186 g/mol. The second kappa shape index (κ2) is 13.1. The van der Waals surface area contributed by atoms with E-state index in [0.717, 1.165) is 0 Å². The van der Waals surface area contributed by atoms with Gasteiger partial charge in [-0.25, -0.2) is 5.48 Å². The molecule has 13 heavy (non-hydrogen) atoms. The van der Waals surface area contributed by atoms with Crippen LogP contribution in [0.1, 0.15) is 6.92 Å². The molecule has 0 radical (unpaired) electrons. The largest absolute Gasteiger partial charge is 0.391 e. The minimum Gasteiger partial charge on any atom is -0.391 e. The highest BCUT2D eigenvalue weighted by Crippen LogP contribution is 1.86. The molecule has 74 valence electrons. The van der Waals surface area contributed by atoms with E-state index in [4.69, 9.17) is 16.0 Å². The molecule has 1 amide bonds. The SMILES string of the molecule is C#C.C#C.CC(O)C(N)C(=O)NO. The third-order valence-electron chi connectivity index (χ3n) is 0.933. The van der Waals surface area contributed by atoms with Crippen LogP contribution in [0, 0.1) is 25.7 Å². The van der Waals surface area contributed by atoms with Gasteiger partial charge in [-0.3, -0.25) is 10.0 Å². The van der Waals surface area contributed by atoms with E-state index < -0.39 is 18.1 Å². The Hall–Kier alpha value is -1.53. The third-order valence-corrected chi connectivity index (χ3v) is 0.933. The predicted octanol–water partition coefficient (Wildman–Crippen LogP) is -1.30. The molecule has 0 rings (SSSR count). The van der Waals surface area contributed by atoms with Crippen LogP contribution in [-0.4, -0.2) is 28.4 Å². The summed E-state index contributed by atoms with van der Waals surface area (Å²) in [4.78, 5) is 10.3. The average Bonchev–Trinajstić information content (AvgIpc) is 2.21. The minimum atomic E-state index is -1.06. The molecule has 0 bridgehead atoms. The molecule has 0 aliphatic carbocycles. The Balaban J connectivity index is -0.000000218. The highest BCUT2D eigenvalue weighted by Gasteiger charge is 2.17. The Bertz CT molecular complexity index is 157. The van der Waals surface area contributed by atoms with Gasteiger partial charge in [0, 0.05) is 0 Å². The summed E-state index contributed by atoms with van der Waals surface area (Å²) in [7, 11) is 0. The Kier molecular flexibility index (Phi) is 17.6. The first-order chi connectivity index (χ1) is 6.09. The van der Waals surface area contributed by atoms with E-state index in [1.54, 1.807) is 0 Å². The number of nitrogens with two attached hydrogens (primary N) is 1. The summed E-state index contributed by atoms with van der Waals surface area (Å²) in [6, 6.07) is -1.06. The molecule has 0 spiro atoms. The molecular weight excluding hydrogens is 172 g/mol. The van der Waals surface area contributed by atoms with Crippen LogP contribution >= 0.6 is 0 Å². The highest BCUT2D eigenvalue weighted by molar-refractivity contribution is 5.80. The Labute approximate surface area is 77.9 Å². The maximum absolute atomic E-state index is 10.3. The number of aliphatic hydroxyl groups excluding tert-OH is 1. The zero-order valence-electron chi connectivity index (χ0n) is 7.34. The summed E-state index contributed by atoms with van der Waals surface area (Å²) in [5.74, 6) is -0.787. The average molecular weight is 186 g/mol. The molecule has 5 N–H and O–H groups in total. The van der Waals surface area contributed by atoms with Crippen LogP contribution in [0.15, 0.2) is 0 Å². The Morgan fingerprint density at radius 3 is 1.77 bits per heavy atom. The van der Waals surface area contributed by atoms with Gasteiger partial charge in [-0.15, -0.1) is 25.7 Å². The Morgan fingerprint density at radius 1 is 1.38 bits per heavy atom. The van der Waals surface area contributed by atoms with Crippen molar-refractivity contribution in [1.29, 1.82) is 0 Å². The van der Waals surface area contributed by atoms with Gasteiger partial charge in [-0.1, -0.05) is 0 Å². The van der Waals surface area contributed by atoms with Gasteiger partial charge in [0.25, 0.3) is 5.91 Å². The first kappa shape index (κ1) is 17.5. The van der Waals surface area contributed by atoms with Crippen LogP contribution in [0.25, 0.3) is 0 Å². The van der Waals surface area contributed by atoms with E-state index in [2.05, 4.69) is 25.7 Å². The van der Waals surface area contributed by atoms with Crippen molar-refractivity contribution in [1.82, 2.24) is 5.48 Å². The van der Waals surface area contributed by atoms with Crippen molar-refractivity contribution in [3.8, 4) is 25.7 Å². The molecule has 5 heteroatoms. The summed E-state index contributed by atoms with van der Waals surface area (Å²) >= 11 is 0. The molecule has 5 nitrogen and oxygen atoms in total. The lowest BCUT2D eigenvalue weighted by Crippen LogP contribution is -2.46. The first-order valence-corrected chi connectivity index (χ1v) is 3.14. The summed E-state index contributed by atoms with van der Waals surface area (Å²) in [6.07, 6.45) is 15.1. The van der Waals surface area contributed by atoms with Crippen molar-refractivity contribution in [2.75, 3.05) is 0 Å². The van der Waals surface area contributed by atoms with Gasteiger partial charge in [0.2, 0.25) is 0 Å². The van der Waals surface area contributed by atoms with Gasteiger partial charge in [-0.2, -0.15) is 0 Å². The molecule has 0 saturated carbocycles. The first-order valence-electron chi connectivity index (χ1n) is 3.14. The van der Waals surface area contributed by atoms with Crippen molar-refractivity contribution >= 4 is 5.91 Å². The molecule has 0 saturated heterocycles. The van der Waals surface area contributed by atoms with Crippen molar-refractivity contribution in [2.24, 2.45) is 5.73 Å². The molecule has 0 aromatic heterocycles. The maximum atomic E-state index is 10.3. The second-order valence-electron chi connectivity index (χ2n) is 1.74. The summed E-state index contributed by atoms with van der Waals surface area (Å²) in [5.41, 5.74) is 6.37. The second-order valence-corrected chi connectivity index (χ2v) is 1.74. The number of hydrogen-bond donors (Lipinski definition) is 4. The fourth-order valence-electron chi connectivity index (χ4n) is 0.294. The number of terminal acetylenes is 2. The topological polar surface area (TPSA) is 95.6 Å². The number of amides is 1. The third kappa shape index (κ3) is 10.5. The lowest BCUT2D eigenvalue weighted by molar-refractivity contribution is -0.132. The van der Waals surface area contributed by atoms with E-state index in [0.29, 0.717) is 0 Å². The molecule has 0 aliphatic heterocycles. The van der Waals surface area contributed by atoms with Crippen LogP contribution < -0.4 is 11.2 Å². The standard InChI is InChI=1S/C4H10N2O3.2C2H2/c1-2(7)3(5)4(8)6-9;2*1-2/h2-3,7,9H,5H2,1H3,(H,6,8);2*1-2H.